The maximum atomic E-state index is 12.3. The van der Waals surface area contributed by atoms with Crippen LogP contribution in [0.5, 0.6) is 0 Å². The predicted molar refractivity (Wildman–Crippen MR) is 74.8 cm³/mol. The van der Waals surface area contributed by atoms with E-state index >= 15 is 0 Å². The third kappa shape index (κ3) is 3.33. The largest absolute Gasteiger partial charge is 0.481 e. The van der Waals surface area contributed by atoms with E-state index in [0.29, 0.717) is 23.4 Å². The van der Waals surface area contributed by atoms with Crippen LogP contribution in [0.15, 0.2) is 0 Å². The van der Waals surface area contributed by atoms with Crippen LogP contribution in [0.3, 0.4) is 0 Å². The highest BCUT2D eigenvalue weighted by Crippen LogP contribution is 2.24. The van der Waals surface area contributed by atoms with Gasteiger partial charge in [0.2, 0.25) is 0 Å². The number of rotatable bonds is 4. The summed E-state index contributed by atoms with van der Waals surface area (Å²) in [6.45, 7) is 1.92. The standard InChI is InChI=1S/C13H19N3O3S/c1-2-9-11(20-16-15-9)12(17)14-10-7-5-3-4-6-8(10)13(18)19/h8,10H,2-7H2,1H3,(H,14,17)(H,18,19)/t8-,10+/m1/s1. The molecule has 0 bridgehead atoms. The summed E-state index contributed by atoms with van der Waals surface area (Å²) < 4.78 is 3.79. The Hall–Kier alpha value is -1.50. The Morgan fingerprint density at radius 1 is 1.35 bits per heavy atom. The summed E-state index contributed by atoms with van der Waals surface area (Å²) in [4.78, 5) is 24.1. The van der Waals surface area contributed by atoms with Crippen LogP contribution in [-0.2, 0) is 11.2 Å². The Bertz CT molecular complexity index is 489. The van der Waals surface area contributed by atoms with E-state index in [2.05, 4.69) is 14.9 Å². The van der Waals surface area contributed by atoms with Crippen molar-refractivity contribution in [2.24, 2.45) is 5.92 Å². The average Bonchev–Trinajstić information content (AvgIpc) is 2.78. The zero-order valence-electron chi connectivity index (χ0n) is 11.5. The molecule has 2 N–H and O–H groups in total. The first kappa shape index (κ1) is 14.9. The van der Waals surface area contributed by atoms with Gasteiger partial charge in [0.1, 0.15) is 4.88 Å². The first-order valence-corrected chi connectivity index (χ1v) is 7.75. The summed E-state index contributed by atoms with van der Waals surface area (Å²) in [5, 5.41) is 16.1. The lowest BCUT2D eigenvalue weighted by Crippen LogP contribution is -2.42. The minimum absolute atomic E-state index is 0.241. The quantitative estimate of drug-likeness (QED) is 0.828. The molecule has 7 heteroatoms. The number of aliphatic carboxylic acids is 1. The Balaban J connectivity index is 2.09. The number of amides is 1. The van der Waals surface area contributed by atoms with Gasteiger partial charge in [-0.15, -0.1) is 5.10 Å². The van der Waals surface area contributed by atoms with E-state index in [4.69, 9.17) is 0 Å². The number of hydrogen-bond donors (Lipinski definition) is 2. The number of carbonyl (C=O) groups excluding carboxylic acids is 1. The molecular weight excluding hydrogens is 278 g/mol. The van der Waals surface area contributed by atoms with Crippen LogP contribution in [0.2, 0.25) is 0 Å². The van der Waals surface area contributed by atoms with Crippen LogP contribution in [0.1, 0.15) is 54.4 Å². The maximum Gasteiger partial charge on any atom is 0.308 e. The third-order valence-electron chi connectivity index (χ3n) is 3.75. The summed E-state index contributed by atoms with van der Waals surface area (Å²) >= 11 is 1.07. The van der Waals surface area contributed by atoms with Crippen molar-refractivity contribution in [3.05, 3.63) is 10.6 Å². The molecule has 0 aromatic carbocycles. The van der Waals surface area contributed by atoms with Crippen LogP contribution in [0.4, 0.5) is 0 Å². The Morgan fingerprint density at radius 2 is 2.10 bits per heavy atom. The number of aryl methyl sites for hydroxylation is 1. The molecule has 1 aliphatic carbocycles. The SMILES string of the molecule is CCc1nnsc1C(=O)N[C@H]1CCCCC[C@H]1C(=O)O. The summed E-state index contributed by atoms with van der Waals surface area (Å²) in [6, 6.07) is -0.297. The van der Waals surface area contributed by atoms with Crippen molar-refractivity contribution in [3.8, 4) is 0 Å². The fraction of sp³-hybridized carbons (Fsp3) is 0.692. The summed E-state index contributed by atoms with van der Waals surface area (Å²) in [5.41, 5.74) is 0.674. The van der Waals surface area contributed by atoms with Gasteiger partial charge in [0.15, 0.2) is 0 Å². The van der Waals surface area contributed by atoms with Crippen LogP contribution >= 0.6 is 11.5 Å². The van der Waals surface area contributed by atoms with E-state index in [1.165, 1.54) is 0 Å². The fourth-order valence-electron chi connectivity index (χ4n) is 2.62. The molecule has 0 unspecified atom stereocenters. The third-order valence-corrected chi connectivity index (χ3v) is 4.51. The molecule has 0 aliphatic heterocycles. The molecular formula is C13H19N3O3S. The van der Waals surface area contributed by atoms with Gasteiger partial charge < -0.3 is 10.4 Å². The molecule has 1 aromatic rings. The number of nitrogens with zero attached hydrogens (tertiary/aromatic N) is 2. The molecule has 1 heterocycles. The smallest absolute Gasteiger partial charge is 0.308 e. The van der Waals surface area contributed by atoms with Gasteiger partial charge in [0.25, 0.3) is 5.91 Å². The molecule has 6 nitrogen and oxygen atoms in total. The lowest BCUT2D eigenvalue weighted by molar-refractivity contribution is -0.142. The summed E-state index contributed by atoms with van der Waals surface area (Å²) in [7, 11) is 0. The van der Waals surface area contributed by atoms with Gasteiger partial charge in [-0.2, -0.15) is 0 Å². The van der Waals surface area contributed by atoms with Crippen LogP contribution in [-0.4, -0.2) is 32.6 Å². The number of nitrogens with one attached hydrogen (secondary N) is 1. The van der Waals surface area contributed by atoms with E-state index in [1.807, 2.05) is 6.92 Å². The summed E-state index contributed by atoms with van der Waals surface area (Å²) in [5.74, 6) is -1.56. The second kappa shape index (κ2) is 6.78. The zero-order chi connectivity index (χ0) is 14.5. The highest BCUT2D eigenvalue weighted by atomic mass is 32.1. The van der Waals surface area contributed by atoms with E-state index in [-0.39, 0.29) is 11.9 Å². The lowest BCUT2D eigenvalue weighted by atomic mass is 9.95. The van der Waals surface area contributed by atoms with E-state index < -0.39 is 11.9 Å². The molecule has 110 valence electrons. The number of carboxylic acids is 1. The highest BCUT2D eigenvalue weighted by Gasteiger charge is 2.31. The van der Waals surface area contributed by atoms with Crippen molar-refractivity contribution in [1.82, 2.24) is 14.9 Å². The van der Waals surface area contributed by atoms with E-state index in [9.17, 15) is 14.7 Å². The molecule has 1 saturated carbocycles. The van der Waals surface area contributed by atoms with Crippen molar-refractivity contribution in [1.29, 1.82) is 0 Å². The van der Waals surface area contributed by atoms with Gasteiger partial charge in [-0.1, -0.05) is 30.7 Å². The maximum absolute atomic E-state index is 12.3. The molecule has 1 fully saturated rings. The highest BCUT2D eigenvalue weighted by molar-refractivity contribution is 7.08. The van der Waals surface area contributed by atoms with Gasteiger partial charge >= 0.3 is 5.97 Å². The second-order valence-corrected chi connectivity index (χ2v) is 5.82. The van der Waals surface area contributed by atoms with Crippen LogP contribution < -0.4 is 5.32 Å². The normalized spacial score (nSPS) is 23.1. The van der Waals surface area contributed by atoms with Crippen molar-refractivity contribution in [3.63, 3.8) is 0 Å². The zero-order valence-corrected chi connectivity index (χ0v) is 12.3. The van der Waals surface area contributed by atoms with Crippen LogP contribution in [0.25, 0.3) is 0 Å². The fourth-order valence-corrected chi connectivity index (χ4v) is 3.28. The number of hydrogen-bond acceptors (Lipinski definition) is 5. The molecule has 0 radical (unpaired) electrons. The molecule has 1 aromatic heterocycles. The Morgan fingerprint density at radius 3 is 2.80 bits per heavy atom. The van der Waals surface area contributed by atoms with Gasteiger partial charge in [-0.25, -0.2) is 0 Å². The first-order chi connectivity index (χ1) is 9.63. The average molecular weight is 297 g/mol. The number of carbonyl (C=O) groups is 2. The Labute approximate surface area is 121 Å². The molecule has 0 saturated heterocycles. The molecule has 2 atom stereocenters. The van der Waals surface area contributed by atoms with E-state index in [1.54, 1.807) is 0 Å². The van der Waals surface area contributed by atoms with Crippen molar-refractivity contribution < 1.29 is 14.7 Å². The lowest BCUT2D eigenvalue weighted by Gasteiger charge is -2.22. The second-order valence-electron chi connectivity index (χ2n) is 5.07. The van der Waals surface area contributed by atoms with Gasteiger partial charge in [0.05, 0.1) is 11.6 Å². The monoisotopic (exact) mass is 297 g/mol. The minimum Gasteiger partial charge on any atom is -0.481 e. The van der Waals surface area contributed by atoms with Crippen molar-refractivity contribution >= 4 is 23.4 Å². The minimum atomic E-state index is -0.824. The first-order valence-electron chi connectivity index (χ1n) is 6.98. The molecule has 2 rings (SSSR count). The van der Waals surface area contributed by atoms with Gasteiger partial charge in [0, 0.05) is 6.04 Å². The number of carboxylic acid groups (broad SMARTS) is 1. The van der Waals surface area contributed by atoms with Crippen molar-refractivity contribution in [2.75, 3.05) is 0 Å². The van der Waals surface area contributed by atoms with Crippen molar-refractivity contribution in [2.45, 2.75) is 51.5 Å². The van der Waals surface area contributed by atoms with Gasteiger partial charge in [-0.3, -0.25) is 9.59 Å². The number of aromatic nitrogens is 2. The molecule has 20 heavy (non-hydrogen) atoms. The molecule has 1 aliphatic rings. The molecule has 0 spiro atoms. The van der Waals surface area contributed by atoms with Gasteiger partial charge in [-0.05, 0) is 30.8 Å². The summed E-state index contributed by atoms with van der Waals surface area (Å²) in [6.07, 6.45) is 4.88. The van der Waals surface area contributed by atoms with E-state index in [0.717, 1.165) is 37.2 Å². The predicted octanol–water partition coefficient (Wildman–Crippen LogP) is 1.86. The van der Waals surface area contributed by atoms with Crippen LogP contribution in [0, 0.1) is 5.92 Å². The molecule has 1 amide bonds. The Kier molecular flexibility index (Phi) is 5.05. The topological polar surface area (TPSA) is 92.2 Å².